The lowest BCUT2D eigenvalue weighted by Gasteiger charge is -2.13. The van der Waals surface area contributed by atoms with Gasteiger partial charge in [-0.2, -0.15) is 0 Å². The topological polar surface area (TPSA) is 99.5 Å². The Hall–Kier alpha value is -2.70. The minimum atomic E-state index is -0.543. The van der Waals surface area contributed by atoms with E-state index >= 15 is 0 Å². The van der Waals surface area contributed by atoms with Crippen LogP contribution >= 0.6 is 0 Å². The first kappa shape index (κ1) is 14.7. The van der Waals surface area contributed by atoms with Gasteiger partial charge in [0.05, 0.1) is 27.5 Å². The lowest BCUT2D eigenvalue weighted by Crippen LogP contribution is -2.11. The number of amides is 1. The summed E-state index contributed by atoms with van der Waals surface area (Å²) in [5.74, 6) is 1.74. The first-order chi connectivity index (χ1) is 10.1. The third-order valence-electron chi connectivity index (χ3n) is 2.99. The number of aromatic nitrogens is 2. The Balaban J connectivity index is 2.32. The highest BCUT2D eigenvalue weighted by molar-refractivity contribution is 5.90. The maximum Gasteiger partial charge on any atom is 0.266 e. The number of imidazole rings is 1. The van der Waals surface area contributed by atoms with Crippen molar-refractivity contribution >= 4 is 5.91 Å². The number of H-pyrrole nitrogens is 1. The van der Waals surface area contributed by atoms with E-state index in [9.17, 15) is 4.79 Å². The van der Waals surface area contributed by atoms with Gasteiger partial charge < -0.3 is 24.9 Å². The highest BCUT2D eigenvalue weighted by Crippen LogP contribution is 2.38. The van der Waals surface area contributed by atoms with Gasteiger partial charge in [-0.05, 0) is 17.7 Å². The molecule has 0 fully saturated rings. The number of nitrogens with two attached hydrogens (primary N) is 1. The fourth-order valence-corrected chi connectivity index (χ4v) is 2.01. The zero-order valence-corrected chi connectivity index (χ0v) is 12.1. The van der Waals surface area contributed by atoms with Crippen LogP contribution in [-0.4, -0.2) is 37.2 Å². The first-order valence-corrected chi connectivity index (χ1v) is 6.21. The average molecular weight is 291 g/mol. The maximum atomic E-state index is 11.0. The van der Waals surface area contributed by atoms with Crippen LogP contribution in [0.4, 0.5) is 0 Å². The second kappa shape index (κ2) is 6.17. The van der Waals surface area contributed by atoms with Gasteiger partial charge in [-0.3, -0.25) is 4.79 Å². The Morgan fingerprint density at radius 3 is 2.24 bits per heavy atom. The van der Waals surface area contributed by atoms with Gasteiger partial charge in [0.15, 0.2) is 11.5 Å². The van der Waals surface area contributed by atoms with Gasteiger partial charge in [0, 0.05) is 6.42 Å². The summed E-state index contributed by atoms with van der Waals surface area (Å²) in [6.45, 7) is 0. The maximum absolute atomic E-state index is 11.0. The van der Waals surface area contributed by atoms with E-state index in [0.717, 1.165) is 5.56 Å². The zero-order chi connectivity index (χ0) is 15.4. The fraction of sp³-hybridized carbons (Fsp3) is 0.286. The summed E-state index contributed by atoms with van der Waals surface area (Å²) in [7, 11) is 4.66. The molecule has 0 atom stereocenters. The van der Waals surface area contributed by atoms with Crippen LogP contribution in [0.3, 0.4) is 0 Å². The highest BCUT2D eigenvalue weighted by atomic mass is 16.5. The number of hydrogen-bond donors (Lipinski definition) is 2. The van der Waals surface area contributed by atoms with Crippen molar-refractivity contribution in [3.63, 3.8) is 0 Å². The van der Waals surface area contributed by atoms with Crippen LogP contribution in [0.5, 0.6) is 17.2 Å². The number of methoxy groups -OCH3 is 3. The standard InChI is InChI=1S/C14H17N3O4/c1-19-10-4-8(5-11(20-2)13(10)21-3)6-12-16-7-9(17-12)14(15)18/h4-5,7H,6H2,1-3H3,(H2,15,18)(H,16,17). The Morgan fingerprint density at radius 2 is 1.81 bits per heavy atom. The second-order valence-electron chi connectivity index (χ2n) is 4.32. The molecule has 1 heterocycles. The minimum absolute atomic E-state index is 0.275. The number of carbonyl (C=O) groups excluding carboxylic acids is 1. The van der Waals surface area contributed by atoms with Crippen LogP contribution in [0.25, 0.3) is 0 Å². The van der Waals surface area contributed by atoms with Gasteiger partial charge >= 0.3 is 0 Å². The van der Waals surface area contributed by atoms with Gasteiger partial charge in [0.2, 0.25) is 5.75 Å². The molecule has 7 nitrogen and oxygen atoms in total. The third-order valence-corrected chi connectivity index (χ3v) is 2.99. The van der Waals surface area contributed by atoms with Gasteiger partial charge in [-0.1, -0.05) is 0 Å². The van der Waals surface area contributed by atoms with Crippen LogP contribution in [0.2, 0.25) is 0 Å². The molecule has 0 spiro atoms. The predicted molar refractivity (Wildman–Crippen MR) is 76.0 cm³/mol. The summed E-state index contributed by atoms with van der Waals surface area (Å²) < 4.78 is 15.8. The van der Waals surface area contributed by atoms with Gasteiger partial charge in [-0.15, -0.1) is 0 Å². The van der Waals surface area contributed by atoms with E-state index in [1.807, 2.05) is 12.1 Å². The summed E-state index contributed by atoms with van der Waals surface area (Å²) in [4.78, 5) is 18.0. The van der Waals surface area contributed by atoms with Crippen LogP contribution in [0, 0.1) is 0 Å². The molecule has 0 radical (unpaired) electrons. The van der Waals surface area contributed by atoms with Gasteiger partial charge in [0.25, 0.3) is 5.91 Å². The lowest BCUT2D eigenvalue weighted by molar-refractivity contribution is 0.0996. The molecule has 1 aromatic carbocycles. The van der Waals surface area contributed by atoms with Crippen molar-refractivity contribution in [2.24, 2.45) is 5.73 Å². The molecular formula is C14H17N3O4. The molecule has 1 amide bonds. The summed E-state index contributed by atoms with van der Waals surface area (Å²) in [6, 6.07) is 3.65. The van der Waals surface area contributed by atoms with Crippen molar-refractivity contribution in [1.29, 1.82) is 0 Å². The van der Waals surface area contributed by atoms with Crippen LogP contribution in [0.15, 0.2) is 18.3 Å². The van der Waals surface area contributed by atoms with E-state index in [1.54, 1.807) is 21.3 Å². The molecule has 0 aliphatic heterocycles. The SMILES string of the molecule is COc1cc(Cc2ncc(C(N)=O)[nH]2)cc(OC)c1OC. The van der Waals surface area contributed by atoms with Crippen LogP contribution in [-0.2, 0) is 6.42 Å². The molecule has 2 aromatic rings. The summed E-state index contributed by atoms with van der Waals surface area (Å²) in [6.07, 6.45) is 1.89. The second-order valence-corrected chi connectivity index (χ2v) is 4.32. The lowest BCUT2D eigenvalue weighted by atomic mass is 10.1. The van der Waals surface area contributed by atoms with Gasteiger partial charge in [-0.25, -0.2) is 4.98 Å². The number of hydrogen-bond acceptors (Lipinski definition) is 5. The first-order valence-electron chi connectivity index (χ1n) is 6.21. The molecule has 1 aromatic heterocycles. The van der Waals surface area contributed by atoms with Gasteiger partial charge in [0.1, 0.15) is 11.5 Å². The van der Waals surface area contributed by atoms with E-state index in [4.69, 9.17) is 19.9 Å². The number of primary amides is 1. The molecular weight excluding hydrogens is 274 g/mol. The van der Waals surface area contributed by atoms with Crippen molar-refractivity contribution in [2.45, 2.75) is 6.42 Å². The van der Waals surface area contributed by atoms with E-state index in [2.05, 4.69) is 9.97 Å². The number of aromatic amines is 1. The van der Waals surface area contributed by atoms with Crippen molar-refractivity contribution in [2.75, 3.05) is 21.3 Å². The normalized spacial score (nSPS) is 10.2. The smallest absolute Gasteiger partial charge is 0.266 e. The largest absolute Gasteiger partial charge is 0.493 e. The molecule has 3 N–H and O–H groups in total. The number of benzene rings is 1. The van der Waals surface area contributed by atoms with E-state index in [-0.39, 0.29) is 5.69 Å². The molecule has 21 heavy (non-hydrogen) atoms. The van der Waals surface area contributed by atoms with Crippen molar-refractivity contribution < 1.29 is 19.0 Å². The molecule has 7 heteroatoms. The number of ether oxygens (including phenoxy) is 3. The molecule has 2 rings (SSSR count). The number of rotatable bonds is 6. The highest BCUT2D eigenvalue weighted by Gasteiger charge is 2.14. The molecule has 112 valence electrons. The minimum Gasteiger partial charge on any atom is -0.493 e. The quantitative estimate of drug-likeness (QED) is 0.831. The Kier molecular flexibility index (Phi) is 4.32. The van der Waals surface area contributed by atoms with E-state index < -0.39 is 5.91 Å². The molecule has 0 unspecified atom stereocenters. The molecule has 0 aliphatic carbocycles. The van der Waals surface area contributed by atoms with Crippen LogP contribution < -0.4 is 19.9 Å². The van der Waals surface area contributed by atoms with Crippen molar-refractivity contribution in [3.8, 4) is 17.2 Å². The molecule has 0 aliphatic rings. The Labute approximate surface area is 122 Å². The number of nitrogens with zero attached hydrogens (tertiary/aromatic N) is 1. The van der Waals surface area contributed by atoms with Crippen LogP contribution in [0.1, 0.15) is 21.9 Å². The number of nitrogens with one attached hydrogen (secondary N) is 1. The Bertz CT molecular complexity index is 626. The van der Waals surface area contributed by atoms with Crippen molar-refractivity contribution in [3.05, 3.63) is 35.4 Å². The molecule has 0 bridgehead atoms. The van der Waals surface area contributed by atoms with E-state index in [0.29, 0.717) is 29.5 Å². The van der Waals surface area contributed by atoms with Crippen molar-refractivity contribution in [1.82, 2.24) is 9.97 Å². The fourth-order valence-electron chi connectivity index (χ4n) is 2.01. The zero-order valence-electron chi connectivity index (χ0n) is 12.1. The molecule has 0 saturated carbocycles. The third kappa shape index (κ3) is 3.07. The Morgan fingerprint density at radius 1 is 1.19 bits per heavy atom. The summed E-state index contributed by atoms with van der Waals surface area (Å²) in [5.41, 5.74) is 6.36. The average Bonchev–Trinajstić information content (AvgIpc) is 2.94. The molecule has 0 saturated heterocycles. The van der Waals surface area contributed by atoms with E-state index in [1.165, 1.54) is 6.20 Å². The monoisotopic (exact) mass is 291 g/mol. The summed E-state index contributed by atoms with van der Waals surface area (Å²) >= 11 is 0. The number of carbonyl (C=O) groups is 1. The predicted octanol–water partition coefficient (Wildman–Crippen LogP) is 1.13. The summed E-state index contributed by atoms with van der Waals surface area (Å²) in [5, 5.41) is 0.